The van der Waals surface area contributed by atoms with Crippen LogP contribution in [0, 0.1) is 0 Å². The number of hydrogen-bond donors (Lipinski definition) is 1. The van der Waals surface area contributed by atoms with E-state index in [-0.39, 0.29) is 29.5 Å². The molecular weight excluding hydrogens is 358 g/mol. The van der Waals surface area contributed by atoms with E-state index < -0.39 is 12.5 Å². The lowest BCUT2D eigenvalue weighted by atomic mass is 10.1. The van der Waals surface area contributed by atoms with Crippen molar-refractivity contribution in [3.63, 3.8) is 0 Å². The molecule has 0 saturated carbocycles. The summed E-state index contributed by atoms with van der Waals surface area (Å²) in [6.07, 6.45) is 0. The highest BCUT2D eigenvalue weighted by atomic mass is 19.3. The van der Waals surface area contributed by atoms with Crippen LogP contribution in [0.25, 0.3) is 0 Å². The summed E-state index contributed by atoms with van der Waals surface area (Å²) in [6.45, 7) is -2.74. The second kappa shape index (κ2) is 8.98. The molecule has 0 spiro atoms. The van der Waals surface area contributed by atoms with E-state index in [9.17, 15) is 18.4 Å². The van der Waals surface area contributed by atoms with Crippen molar-refractivity contribution in [1.82, 2.24) is 10.2 Å². The standard InChI is InChI=1S/C19H20F2N2O4/c1-23(2)18(25)13-6-4-12(5-7-13)11-22-17(24)14-8-9-15(27-19(20)21)16(10-14)26-3/h4-10,19H,11H2,1-3H3,(H,22,24). The van der Waals surface area contributed by atoms with Crippen molar-refractivity contribution >= 4 is 11.8 Å². The van der Waals surface area contributed by atoms with Crippen molar-refractivity contribution in [3.8, 4) is 11.5 Å². The number of carbonyl (C=O) groups is 2. The van der Waals surface area contributed by atoms with Gasteiger partial charge in [0.05, 0.1) is 7.11 Å². The van der Waals surface area contributed by atoms with Crippen molar-refractivity contribution in [2.75, 3.05) is 21.2 Å². The molecule has 2 amide bonds. The zero-order valence-electron chi connectivity index (χ0n) is 15.2. The number of rotatable bonds is 7. The summed E-state index contributed by atoms with van der Waals surface area (Å²) in [7, 11) is 4.64. The fourth-order valence-corrected chi connectivity index (χ4v) is 2.31. The zero-order chi connectivity index (χ0) is 20.0. The lowest BCUT2D eigenvalue weighted by molar-refractivity contribution is -0.0512. The van der Waals surface area contributed by atoms with E-state index in [0.717, 1.165) is 5.56 Å². The zero-order valence-corrected chi connectivity index (χ0v) is 15.2. The molecule has 0 saturated heterocycles. The van der Waals surface area contributed by atoms with Gasteiger partial charge < -0.3 is 19.7 Å². The molecule has 2 rings (SSSR count). The van der Waals surface area contributed by atoms with Gasteiger partial charge in [-0.2, -0.15) is 8.78 Å². The molecule has 0 aliphatic carbocycles. The molecule has 2 aromatic carbocycles. The van der Waals surface area contributed by atoms with E-state index >= 15 is 0 Å². The Hall–Kier alpha value is -3.16. The first-order chi connectivity index (χ1) is 12.8. The number of methoxy groups -OCH3 is 1. The molecule has 0 heterocycles. The predicted octanol–water partition coefficient (Wildman–Crippen LogP) is 2.93. The van der Waals surface area contributed by atoms with E-state index in [4.69, 9.17) is 4.74 Å². The van der Waals surface area contributed by atoms with Crippen molar-refractivity contribution in [2.45, 2.75) is 13.2 Å². The number of hydrogen-bond acceptors (Lipinski definition) is 4. The summed E-state index contributed by atoms with van der Waals surface area (Å²) in [4.78, 5) is 25.6. The molecule has 0 fully saturated rings. The van der Waals surface area contributed by atoms with Gasteiger partial charge in [-0.1, -0.05) is 12.1 Å². The smallest absolute Gasteiger partial charge is 0.387 e. The Morgan fingerprint density at radius 3 is 2.22 bits per heavy atom. The van der Waals surface area contributed by atoms with E-state index in [1.807, 2.05) is 0 Å². The first-order valence-electron chi connectivity index (χ1n) is 8.03. The quantitative estimate of drug-likeness (QED) is 0.805. The predicted molar refractivity (Wildman–Crippen MR) is 95.3 cm³/mol. The van der Waals surface area contributed by atoms with Gasteiger partial charge in [-0.3, -0.25) is 9.59 Å². The Morgan fingerprint density at radius 1 is 1.04 bits per heavy atom. The Morgan fingerprint density at radius 2 is 1.67 bits per heavy atom. The third kappa shape index (κ3) is 5.40. The molecule has 0 radical (unpaired) electrons. The fraction of sp³-hybridized carbons (Fsp3) is 0.263. The monoisotopic (exact) mass is 378 g/mol. The van der Waals surface area contributed by atoms with Crippen molar-refractivity contribution < 1.29 is 27.8 Å². The Balaban J connectivity index is 2.02. The van der Waals surface area contributed by atoms with Crippen molar-refractivity contribution in [3.05, 3.63) is 59.2 Å². The molecule has 0 bridgehead atoms. The van der Waals surface area contributed by atoms with E-state index in [0.29, 0.717) is 5.56 Å². The first-order valence-corrected chi connectivity index (χ1v) is 8.03. The number of nitrogens with zero attached hydrogens (tertiary/aromatic N) is 1. The molecule has 1 N–H and O–H groups in total. The van der Waals surface area contributed by atoms with Crippen LogP contribution in [0.2, 0.25) is 0 Å². The number of nitrogens with one attached hydrogen (secondary N) is 1. The van der Waals surface area contributed by atoms with Crippen LogP contribution in [-0.2, 0) is 6.54 Å². The minimum absolute atomic E-state index is 0.0366. The van der Waals surface area contributed by atoms with Crippen LogP contribution in [0.1, 0.15) is 26.3 Å². The number of benzene rings is 2. The van der Waals surface area contributed by atoms with Gasteiger partial charge in [0.25, 0.3) is 11.8 Å². The molecule has 6 nitrogen and oxygen atoms in total. The van der Waals surface area contributed by atoms with Gasteiger partial charge in [-0.15, -0.1) is 0 Å². The van der Waals surface area contributed by atoms with Gasteiger partial charge in [0.15, 0.2) is 11.5 Å². The first kappa shape index (κ1) is 20.2. The molecule has 0 unspecified atom stereocenters. The molecule has 27 heavy (non-hydrogen) atoms. The minimum atomic E-state index is -2.99. The average Bonchev–Trinajstić information content (AvgIpc) is 2.65. The van der Waals surface area contributed by atoms with Gasteiger partial charge >= 0.3 is 6.61 Å². The Kier molecular flexibility index (Phi) is 6.70. The van der Waals surface area contributed by atoms with Gasteiger partial charge in [0, 0.05) is 31.8 Å². The average molecular weight is 378 g/mol. The minimum Gasteiger partial charge on any atom is -0.493 e. The SMILES string of the molecule is COc1cc(C(=O)NCc2ccc(C(=O)N(C)C)cc2)ccc1OC(F)F. The second-order valence-electron chi connectivity index (χ2n) is 5.82. The van der Waals surface area contributed by atoms with Crippen molar-refractivity contribution in [1.29, 1.82) is 0 Å². The van der Waals surface area contributed by atoms with Crippen LogP contribution in [0.3, 0.4) is 0 Å². The van der Waals surface area contributed by atoms with Gasteiger partial charge in [0.2, 0.25) is 0 Å². The van der Waals surface area contributed by atoms with Crippen LogP contribution in [0.5, 0.6) is 11.5 Å². The highest BCUT2D eigenvalue weighted by molar-refractivity contribution is 5.95. The molecule has 2 aromatic rings. The molecule has 0 aliphatic rings. The molecule has 144 valence electrons. The van der Waals surface area contributed by atoms with E-state index in [2.05, 4.69) is 10.1 Å². The Labute approximate surface area is 155 Å². The van der Waals surface area contributed by atoms with E-state index in [1.54, 1.807) is 38.4 Å². The van der Waals surface area contributed by atoms with Crippen LogP contribution < -0.4 is 14.8 Å². The maximum atomic E-state index is 12.3. The number of alkyl halides is 2. The van der Waals surface area contributed by atoms with Crippen LogP contribution in [0.15, 0.2) is 42.5 Å². The normalized spacial score (nSPS) is 10.4. The Bertz CT molecular complexity index is 808. The number of halogens is 2. The molecule has 8 heteroatoms. The molecule has 0 atom stereocenters. The largest absolute Gasteiger partial charge is 0.493 e. The number of carbonyl (C=O) groups excluding carboxylic acids is 2. The fourth-order valence-electron chi connectivity index (χ4n) is 2.31. The third-order valence-corrected chi connectivity index (χ3v) is 3.70. The second-order valence-corrected chi connectivity index (χ2v) is 5.82. The molecule has 0 aliphatic heterocycles. The van der Waals surface area contributed by atoms with Crippen LogP contribution in [0.4, 0.5) is 8.78 Å². The third-order valence-electron chi connectivity index (χ3n) is 3.70. The molecule has 0 aromatic heterocycles. The highest BCUT2D eigenvalue weighted by Crippen LogP contribution is 2.29. The number of amides is 2. The topological polar surface area (TPSA) is 67.9 Å². The van der Waals surface area contributed by atoms with Crippen LogP contribution in [-0.4, -0.2) is 44.5 Å². The molecular formula is C19H20F2N2O4. The maximum absolute atomic E-state index is 12.3. The lowest BCUT2D eigenvalue weighted by Gasteiger charge is -2.12. The summed E-state index contributed by atoms with van der Waals surface area (Å²) >= 11 is 0. The number of ether oxygens (including phenoxy) is 2. The van der Waals surface area contributed by atoms with Crippen LogP contribution >= 0.6 is 0 Å². The van der Waals surface area contributed by atoms with E-state index in [1.165, 1.54) is 30.2 Å². The maximum Gasteiger partial charge on any atom is 0.387 e. The van der Waals surface area contributed by atoms with Crippen molar-refractivity contribution in [2.24, 2.45) is 0 Å². The van der Waals surface area contributed by atoms with Gasteiger partial charge in [-0.25, -0.2) is 0 Å². The lowest BCUT2D eigenvalue weighted by Crippen LogP contribution is -2.23. The summed E-state index contributed by atoms with van der Waals surface area (Å²) < 4.78 is 34.0. The summed E-state index contributed by atoms with van der Waals surface area (Å²) in [5.74, 6) is -0.617. The summed E-state index contributed by atoms with van der Waals surface area (Å²) in [5.41, 5.74) is 1.60. The van der Waals surface area contributed by atoms with Gasteiger partial charge in [0.1, 0.15) is 0 Å². The van der Waals surface area contributed by atoms with Gasteiger partial charge in [-0.05, 0) is 35.9 Å². The summed E-state index contributed by atoms with van der Waals surface area (Å²) in [6, 6.07) is 10.8. The summed E-state index contributed by atoms with van der Waals surface area (Å²) in [5, 5.41) is 2.72. The highest BCUT2D eigenvalue weighted by Gasteiger charge is 2.14.